The van der Waals surface area contributed by atoms with Crippen molar-refractivity contribution in [1.29, 1.82) is 0 Å². The fourth-order valence-electron chi connectivity index (χ4n) is 1.71. The molecule has 0 spiro atoms. The van der Waals surface area contributed by atoms with Crippen molar-refractivity contribution in [2.45, 2.75) is 0 Å². The zero-order valence-corrected chi connectivity index (χ0v) is 13.8. The molecule has 0 aliphatic heterocycles. The number of hydrogen-bond donors (Lipinski definition) is 2. The minimum atomic E-state index is -1.31. The summed E-state index contributed by atoms with van der Waals surface area (Å²) in [5.41, 5.74) is 1.28. The van der Waals surface area contributed by atoms with E-state index in [9.17, 15) is 9.59 Å². The van der Waals surface area contributed by atoms with E-state index in [1.807, 2.05) is 12.2 Å². The Kier molecular flexibility index (Phi) is 9.23. The molecule has 23 heavy (non-hydrogen) atoms. The molecule has 2 aliphatic carbocycles. The third-order valence-electron chi connectivity index (χ3n) is 2.77. The Bertz CT molecular complexity index is 576. The summed E-state index contributed by atoms with van der Waals surface area (Å²) < 4.78 is 14.4. The molecule has 2 rings (SSSR count). The molecule has 0 heterocycles. The first-order valence-electron chi connectivity index (χ1n) is 6.83. The van der Waals surface area contributed by atoms with E-state index < -0.39 is 16.6 Å². The average Bonchev–Trinajstić information content (AvgIpc) is 2.55. The first-order chi connectivity index (χ1) is 11.2. The molecule has 4 N–H and O–H groups in total. The van der Waals surface area contributed by atoms with Gasteiger partial charge in [-0.15, -0.1) is 0 Å². The van der Waals surface area contributed by atoms with Crippen LogP contribution in [-0.4, -0.2) is 28.7 Å². The standard InChI is InChI=1S/C16H16N2O2.H2O.O.V/c19-15-7-3-1-5-13(15)11-17-9-10-18-12-14-6-2-4-8-16(14)20;;;/h1-8,11-12,17-18H,9-10H2;1H2;;/q;;;+1. The quantitative estimate of drug-likeness (QED) is 0.423. The maximum atomic E-state index is 11.4. The van der Waals surface area contributed by atoms with Gasteiger partial charge in [0.2, 0.25) is 0 Å². The number of hydrogen-bond acceptors (Lipinski definition) is 5. The van der Waals surface area contributed by atoms with Crippen molar-refractivity contribution in [3.63, 3.8) is 0 Å². The first kappa shape index (κ1) is 18.8. The molecule has 0 amide bonds. The number of rotatable bonds is 5. The molecule has 0 saturated heterocycles. The van der Waals surface area contributed by atoms with Gasteiger partial charge >= 0.3 is 24.3 Å². The van der Waals surface area contributed by atoms with Crippen LogP contribution in [0.4, 0.5) is 0 Å². The Morgan fingerprint density at radius 2 is 1.17 bits per heavy atom. The summed E-state index contributed by atoms with van der Waals surface area (Å²) in [4.78, 5) is 22.9. The number of ketones is 2. The second-order valence-corrected chi connectivity index (χ2v) is 4.65. The molecule has 0 saturated carbocycles. The second kappa shape index (κ2) is 11.3. The van der Waals surface area contributed by atoms with Crippen molar-refractivity contribution in [3.8, 4) is 0 Å². The molecule has 0 unspecified atom stereocenters. The third kappa shape index (κ3) is 7.51. The van der Waals surface area contributed by atoms with Gasteiger partial charge in [0.1, 0.15) is 0 Å². The monoisotopic (exact) mass is 353 g/mol. The van der Waals surface area contributed by atoms with Gasteiger partial charge in [-0.3, -0.25) is 9.59 Å². The van der Waals surface area contributed by atoms with Crippen LogP contribution in [0.1, 0.15) is 0 Å². The van der Waals surface area contributed by atoms with Crippen molar-refractivity contribution < 1.29 is 33.9 Å². The third-order valence-corrected chi connectivity index (χ3v) is 2.77. The summed E-state index contributed by atoms with van der Waals surface area (Å²) in [6.45, 7) is 1.32. The van der Waals surface area contributed by atoms with Crippen LogP contribution >= 0.6 is 0 Å². The van der Waals surface area contributed by atoms with Crippen LogP contribution in [0.5, 0.6) is 0 Å². The molecule has 0 aromatic heterocycles. The number of allylic oxidation sites excluding steroid dienone is 10. The molecule has 6 nitrogen and oxygen atoms in total. The van der Waals surface area contributed by atoms with Gasteiger partial charge in [0.15, 0.2) is 11.6 Å². The van der Waals surface area contributed by atoms with Gasteiger partial charge < -0.3 is 10.6 Å². The van der Waals surface area contributed by atoms with Crippen molar-refractivity contribution in [3.05, 3.63) is 72.2 Å². The molecular weight excluding hydrogens is 335 g/mol. The number of nitrogens with one attached hydrogen (secondary N) is 2. The SMILES string of the molecule is O=C1C=CC=CC1=CNCCNC=C1C=CC=CC1=O.[O]=[V][OH2+]. The predicted octanol–water partition coefficient (Wildman–Crippen LogP) is 0.378. The fourth-order valence-corrected chi connectivity index (χ4v) is 1.71. The van der Waals surface area contributed by atoms with E-state index in [4.69, 9.17) is 7.71 Å². The van der Waals surface area contributed by atoms with Crippen molar-refractivity contribution in [2.75, 3.05) is 13.1 Å². The van der Waals surface area contributed by atoms with Gasteiger partial charge in [0.05, 0.1) is 0 Å². The minimum absolute atomic E-state index is 0.000182. The molecule has 120 valence electrons. The van der Waals surface area contributed by atoms with E-state index in [1.165, 1.54) is 12.2 Å². The summed E-state index contributed by atoms with van der Waals surface area (Å²) in [6.07, 6.45) is 17.1. The van der Waals surface area contributed by atoms with Crippen LogP contribution in [0, 0.1) is 0 Å². The fraction of sp³-hybridized carbons (Fsp3) is 0.125. The molecule has 0 aromatic rings. The Morgan fingerprint density at radius 1 is 0.826 bits per heavy atom. The van der Waals surface area contributed by atoms with E-state index in [1.54, 1.807) is 36.7 Å². The summed E-state index contributed by atoms with van der Waals surface area (Å²) in [5.74, 6) is -0.000363. The molecule has 0 aromatic carbocycles. The van der Waals surface area contributed by atoms with Gasteiger partial charge in [0, 0.05) is 36.6 Å². The van der Waals surface area contributed by atoms with E-state index in [0.29, 0.717) is 24.2 Å². The Labute approximate surface area is 141 Å². The van der Waals surface area contributed by atoms with E-state index >= 15 is 0 Å². The normalized spacial score (nSPS) is 18.8. The molecular formula is C16H18N2O4V+. The molecule has 0 atom stereocenters. The Hall–Kier alpha value is -2.28. The number of carbonyl (C=O) groups is 2. The molecule has 2 aliphatic rings. The average molecular weight is 353 g/mol. The van der Waals surface area contributed by atoms with Gasteiger partial charge in [-0.1, -0.05) is 24.3 Å². The van der Waals surface area contributed by atoms with E-state index in [-0.39, 0.29) is 11.6 Å². The van der Waals surface area contributed by atoms with Gasteiger partial charge in [0.25, 0.3) is 0 Å². The Balaban J connectivity index is 0.000000816. The molecule has 0 fully saturated rings. The molecule has 7 heteroatoms. The van der Waals surface area contributed by atoms with Crippen molar-refractivity contribution in [1.82, 2.24) is 10.6 Å². The topological polar surface area (TPSA) is 98.2 Å². The van der Waals surface area contributed by atoms with Crippen LogP contribution in [0.3, 0.4) is 0 Å². The van der Waals surface area contributed by atoms with Crippen LogP contribution in [0.2, 0.25) is 0 Å². The predicted molar refractivity (Wildman–Crippen MR) is 83.0 cm³/mol. The molecule has 0 radical (unpaired) electrons. The van der Waals surface area contributed by atoms with E-state index in [0.717, 1.165) is 0 Å². The van der Waals surface area contributed by atoms with Crippen LogP contribution < -0.4 is 10.6 Å². The van der Waals surface area contributed by atoms with E-state index in [2.05, 4.69) is 10.6 Å². The summed E-state index contributed by atoms with van der Waals surface area (Å²) in [5, 5.41) is 6.12. The van der Waals surface area contributed by atoms with Crippen LogP contribution in [0.15, 0.2) is 72.2 Å². The molecule has 0 bridgehead atoms. The summed E-state index contributed by atoms with van der Waals surface area (Å²) in [7, 11) is 0. The van der Waals surface area contributed by atoms with Gasteiger partial charge in [-0.05, 0) is 24.3 Å². The Morgan fingerprint density at radius 3 is 1.52 bits per heavy atom. The van der Waals surface area contributed by atoms with Gasteiger partial charge in [-0.25, -0.2) is 0 Å². The first-order valence-corrected chi connectivity index (χ1v) is 8.10. The van der Waals surface area contributed by atoms with Crippen LogP contribution in [-0.2, 0) is 29.9 Å². The van der Waals surface area contributed by atoms with Crippen molar-refractivity contribution >= 4 is 11.6 Å². The van der Waals surface area contributed by atoms with Crippen LogP contribution in [0.25, 0.3) is 0 Å². The zero-order valence-electron chi connectivity index (χ0n) is 12.4. The zero-order chi connectivity index (χ0) is 16.9. The second-order valence-electron chi connectivity index (χ2n) is 4.36. The van der Waals surface area contributed by atoms with Gasteiger partial charge in [-0.2, -0.15) is 0 Å². The summed E-state index contributed by atoms with van der Waals surface area (Å²) >= 11 is -1.31. The number of carbonyl (C=O) groups excluding carboxylic acids is 2. The van der Waals surface area contributed by atoms with Crippen molar-refractivity contribution in [2.24, 2.45) is 0 Å². The maximum absolute atomic E-state index is 11.4. The summed E-state index contributed by atoms with van der Waals surface area (Å²) in [6, 6.07) is 0.